The van der Waals surface area contributed by atoms with Crippen LogP contribution in [0.3, 0.4) is 0 Å². The second kappa shape index (κ2) is 11.4. The van der Waals surface area contributed by atoms with Crippen molar-refractivity contribution in [2.75, 3.05) is 7.05 Å². The summed E-state index contributed by atoms with van der Waals surface area (Å²) in [5, 5.41) is 10.7. The maximum Gasteiger partial charge on any atom is 0.335 e. The highest BCUT2D eigenvalue weighted by Gasteiger charge is 2.30. The van der Waals surface area contributed by atoms with Crippen LogP contribution in [0.2, 0.25) is 10.0 Å². The standard InChI is InChI=1S/C25H16Br2Cl2N2O4S/c1-31-23(32)21(36-25(31)30-17-4-2-3-14(10-17)24(33)34)9-13-7-18(26)22(19(27)8-13)35-12-15-5-6-16(28)11-20(15)29/h2-11H,12H2,1H3,(H,33,34)/b21-9-,30-25?. The number of aliphatic imine (C=N–C) groups is 1. The summed E-state index contributed by atoms with van der Waals surface area (Å²) in [5.74, 6) is -0.662. The van der Waals surface area contributed by atoms with Crippen LogP contribution in [0.4, 0.5) is 5.69 Å². The van der Waals surface area contributed by atoms with Gasteiger partial charge >= 0.3 is 5.97 Å². The van der Waals surface area contributed by atoms with Gasteiger partial charge in [0.05, 0.1) is 25.1 Å². The Morgan fingerprint density at radius 2 is 1.86 bits per heavy atom. The molecule has 1 N–H and O–H groups in total. The Balaban J connectivity index is 1.54. The van der Waals surface area contributed by atoms with Gasteiger partial charge in [-0.3, -0.25) is 9.69 Å². The molecule has 0 atom stereocenters. The lowest BCUT2D eigenvalue weighted by Gasteiger charge is -2.12. The van der Waals surface area contributed by atoms with Crippen molar-refractivity contribution in [3.63, 3.8) is 0 Å². The zero-order valence-corrected chi connectivity index (χ0v) is 24.0. The molecule has 1 saturated heterocycles. The number of hydrogen-bond donors (Lipinski definition) is 1. The second-order valence-electron chi connectivity index (χ2n) is 7.56. The number of carboxylic acid groups (broad SMARTS) is 1. The molecule has 6 nitrogen and oxygen atoms in total. The average Bonchev–Trinajstić information content (AvgIpc) is 3.07. The molecule has 0 aliphatic carbocycles. The van der Waals surface area contributed by atoms with Crippen molar-refractivity contribution in [3.8, 4) is 5.75 Å². The van der Waals surface area contributed by atoms with E-state index in [-0.39, 0.29) is 18.1 Å². The van der Waals surface area contributed by atoms with Crippen LogP contribution in [0.5, 0.6) is 5.75 Å². The first-order valence-corrected chi connectivity index (χ1v) is 13.4. The molecule has 0 saturated carbocycles. The zero-order valence-electron chi connectivity index (χ0n) is 18.5. The number of aromatic carboxylic acids is 1. The number of hydrogen-bond acceptors (Lipinski definition) is 5. The lowest BCUT2D eigenvalue weighted by molar-refractivity contribution is -0.121. The fourth-order valence-electron chi connectivity index (χ4n) is 3.21. The van der Waals surface area contributed by atoms with Crippen LogP contribution in [0.15, 0.2) is 73.4 Å². The Bertz CT molecular complexity index is 1420. The first-order chi connectivity index (χ1) is 17.1. The molecular weight excluding hydrogens is 655 g/mol. The van der Waals surface area contributed by atoms with E-state index in [4.69, 9.17) is 27.9 Å². The van der Waals surface area contributed by atoms with Gasteiger partial charge in [-0.05, 0) is 97.7 Å². The highest BCUT2D eigenvalue weighted by atomic mass is 79.9. The van der Waals surface area contributed by atoms with Gasteiger partial charge in [0.25, 0.3) is 5.91 Å². The number of carbonyl (C=O) groups excluding carboxylic acids is 1. The van der Waals surface area contributed by atoms with Crippen molar-refractivity contribution in [1.29, 1.82) is 0 Å². The Labute approximate surface area is 238 Å². The van der Waals surface area contributed by atoms with Crippen LogP contribution in [-0.2, 0) is 11.4 Å². The third-order valence-electron chi connectivity index (χ3n) is 5.03. The largest absolute Gasteiger partial charge is 0.486 e. The number of nitrogens with zero attached hydrogens (tertiary/aromatic N) is 2. The molecule has 36 heavy (non-hydrogen) atoms. The van der Waals surface area contributed by atoms with Gasteiger partial charge in [-0.15, -0.1) is 0 Å². The minimum Gasteiger partial charge on any atom is -0.486 e. The van der Waals surface area contributed by atoms with Crippen LogP contribution in [0, 0.1) is 0 Å². The number of amides is 1. The van der Waals surface area contributed by atoms with Gasteiger partial charge < -0.3 is 9.84 Å². The molecule has 0 aromatic heterocycles. The van der Waals surface area contributed by atoms with E-state index >= 15 is 0 Å². The second-order valence-corrected chi connectivity index (χ2v) is 11.1. The monoisotopic (exact) mass is 668 g/mol. The van der Waals surface area contributed by atoms with Gasteiger partial charge in [0.2, 0.25) is 0 Å². The van der Waals surface area contributed by atoms with Crippen LogP contribution in [0.1, 0.15) is 21.5 Å². The number of carboxylic acids is 1. The van der Waals surface area contributed by atoms with E-state index in [1.165, 1.54) is 28.8 Å². The van der Waals surface area contributed by atoms with Gasteiger partial charge in [0.1, 0.15) is 12.4 Å². The fourth-order valence-corrected chi connectivity index (χ4v) is 6.11. The lowest BCUT2D eigenvalue weighted by atomic mass is 10.2. The number of rotatable bonds is 6. The number of carbonyl (C=O) groups is 2. The van der Waals surface area contributed by atoms with E-state index in [0.717, 1.165) is 11.1 Å². The molecule has 11 heteroatoms. The Hall–Kier alpha value is -2.30. The molecule has 3 aromatic carbocycles. The first kappa shape index (κ1) is 26.8. The van der Waals surface area contributed by atoms with E-state index in [0.29, 0.717) is 40.5 Å². The first-order valence-electron chi connectivity index (χ1n) is 10.3. The third kappa shape index (κ3) is 6.15. The number of thioether (sulfide) groups is 1. The molecular formula is C25H16Br2Cl2N2O4S. The summed E-state index contributed by atoms with van der Waals surface area (Å²) in [5.41, 5.74) is 2.14. The Morgan fingerprint density at radius 1 is 1.14 bits per heavy atom. The van der Waals surface area contributed by atoms with Crippen LogP contribution >= 0.6 is 66.8 Å². The minimum absolute atomic E-state index is 0.125. The molecule has 0 spiro atoms. The number of ether oxygens (including phenoxy) is 1. The fraction of sp³-hybridized carbons (Fsp3) is 0.0800. The topological polar surface area (TPSA) is 79.2 Å². The van der Waals surface area contributed by atoms with E-state index in [2.05, 4.69) is 36.9 Å². The summed E-state index contributed by atoms with van der Waals surface area (Å²) in [6.45, 7) is 0.246. The van der Waals surface area contributed by atoms with Crippen LogP contribution < -0.4 is 4.74 Å². The number of likely N-dealkylation sites (N-methyl/N-ethyl adjacent to an activating group) is 1. The molecule has 0 bridgehead atoms. The molecule has 0 unspecified atom stereocenters. The van der Waals surface area contributed by atoms with Crippen molar-refractivity contribution in [2.24, 2.45) is 4.99 Å². The average molecular weight is 671 g/mol. The van der Waals surface area contributed by atoms with Crippen LogP contribution in [0.25, 0.3) is 6.08 Å². The summed E-state index contributed by atoms with van der Waals surface area (Å²) in [6.07, 6.45) is 1.76. The highest BCUT2D eigenvalue weighted by Crippen LogP contribution is 2.38. The van der Waals surface area contributed by atoms with Gasteiger partial charge in [-0.1, -0.05) is 35.3 Å². The quantitative estimate of drug-likeness (QED) is 0.269. The summed E-state index contributed by atoms with van der Waals surface area (Å²) in [6, 6.07) is 15.1. The molecule has 3 aromatic rings. The summed E-state index contributed by atoms with van der Waals surface area (Å²) >= 11 is 20.5. The van der Waals surface area contributed by atoms with Crippen molar-refractivity contribution in [2.45, 2.75) is 6.61 Å². The number of amidine groups is 1. The van der Waals surface area contributed by atoms with E-state index in [1.54, 1.807) is 37.4 Å². The highest BCUT2D eigenvalue weighted by molar-refractivity contribution is 9.11. The van der Waals surface area contributed by atoms with Crippen molar-refractivity contribution in [1.82, 2.24) is 4.90 Å². The molecule has 1 heterocycles. The smallest absolute Gasteiger partial charge is 0.335 e. The van der Waals surface area contributed by atoms with Gasteiger partial charge in [0.15, 0.2) is 5.17 Å². The maximum absolute atomic E-state index is 12.8. The SMILES string of the molecule is CN1C(=O)/C(=C/c2cc(Br)c(OCc3ccc(Cl)cc3Cl)c(Br)c2)SC1=Nc1cccc(C(=O)O)c1. The van der Waals surface area contributed by atoms with Crippen molar-refractivity contribution < 1.29 is 19.4 Å². The third-order valence-corrected chi connectivity index (χ3v) is 7.85. The summed E-state index contributed by atoms with van der Waals surface area (Å²) in [4.78, 5) is 30.4. The summed E-state index contributed by atoms with van der Waals surface area (Å²) < 4.78 is 7.35. The lowest BCUT2D eigenvalue weighted by Crippen LogP contribution is -2.23. The van der Waals surface area contributed by atoms with E-state index < -0.39 is 5.97 Å². The molecule has 1 fully saturated rings. The van der Waals surface area contributed by atoms with Gasteiger partial charge in [-0.25, -0.2) is 9.79 Å². The molecule has 184 valence electrons. The van der Waals surface area contributed by atoms with Crippen molar-refractivity contribution in [3.05, 3.63) is 95.2 Å². The summed E-state index contributed by atoms with van der Waals surface area (Å²) in [7, 11) is 1.63. The Morgan fingerprint density at radius 3 is 2.53 bits per heavy atom. The van der Waals surface area contributed by atoms with E-state index in [9.17, 15) is 14.7 Å². The van der Waals surface area contributed by atoms with Gasteiger partial charge in [0, 0.05) is 22.7 Å². The maximum atomic E-state index is 12.8. The van der Waals surface area contributed by atoms with Crippen molar-refractivity contribution >= 4 is 95.6 Å². The zero-order chi connectivity index (χ0) is 26.0. The molecule has 4 rings (SSSR count). The molecule has 1 aliphatic heterocycles. The predicted octanol–water partition coefficient (Wildman–Crippen LogP) is 8.03. The number of halogens is 4. The predicted molar refractivity (Wildman–Crippen MR) is 151 cm³/mol. The molecule has 1 aliphatic rings. The number of benzene rings is 3. The Kier molecular flexibility index (Phi) is 8.47. The van der Waals surface area contributed by atoms with Crippen LogP contribution in [-0.4, -0.2) is 34.1 Å². The van der Waals surface area contributed by atoms with Gasteiger partial charge in [-0.2, -0.15) is 0 Å². The molecule has 0 radical (unpaired) electrons. The normalized spacial score (nSPS) is 15.7. The minimum atomic E-state index is -1.04. The van der Waals surface area contributed by atoms with E-state index in [1.807, 2.05) is 18.2 Å². The molecule has 1 amide bonds.